The summed E-state index contributed by atoms with van der Waals surface area (Å²) in [5.41, 5.74) is 0. The predicted molar refractivity (Wildman–Crippen MR) is 61.5 cm³/mol. The van der Waals surface area contributed by atoms with Crippen LogP contribution in [0.3, 0.4) is 0 Å². The summed E-state index contributed by atoms with van der Waals surface area (Å²) >= 11 is 5.74. The first kappa shape index (κ1) is 13.0. The monoisotopic (exact) mass is 261 g/mol. The van der Waals surface area contributed by atoms with Crippen molar-refractivity contribution in [2.75, 3.05) is 6.54 Å². The number of aromatic nitrogens is 2. The first-order valence-corrected chi connectivity index (χ1v) is 6.42. The van der Waals surface area contributed by atoms with E-state index in [0.29, 0.717) is 6.42 Å². The normalized spacial score (nSPS) is 10.9. The summed E-state index contributed by atoms with van der Waals surface area (Å²) in [7, 11) is -2.09. The van der Waals surface area contributed by atoms with Crippen molar-refractivity contribution in [1.82, 2.24) is 14.5 Å². The van der Waals surface area contributed by atoms with E-state index in [1.165, 1.54) is 17.9 Å². The van der Waals surface area contributed by atoms with Gasteiger partial charge in [0.2, 0.25) is 0 Å². The Kier molecular flexibility index (Phi) is 4.35. The molecule has 7 heteroatoms. The fraction of sp³-hybridized carbons (Fsp3) is 0.444. The van der Waals surface area contributed by atoms with Gasteiger partial charge in [0.25, 0.3) is 10.0 Å². The number of nitrogens with zero attached hydrogens (tertiary/aromatic N) is 2. The van der Waals surface area contributed by atoms with Gasteiger partial charge in [-0.15, -0.1) is 11.8 Å². The van der Waals surface area contributed by atoms with Gasteiger partial charge in [-0.1, -0.05) is 11.6 Å². The van der Waals surface area contributed by atoms with Gasteiger partial charge >= 0.3 is 0 Å². The van der Waals surface area contributed by atoms with Gasteiger partial charge in [0, 0.05) is 20.0 Å². The molecule has 0 aliphatic rings. The third kappa shape index (κ3) is 2.98. The van der Waals surface area contributed by atoms with Crippen molar-refractivity contribution in [2.45, 2.75) is 18.4 Å². The molecule has 5 nitrogen and oxygen atoms in total. The smallest absolute Gasteiger partial charge is 0.255 e. The number of nitrogens with one attached hydrogen (secondary N) is 1. The first-order valence-electron chi connectivity index (χ1n) is 4.56. The average Bonchev–Trinajstić information content (AvgIpc) is 2.54. The minimum absolute atomic E-state index is 0.0291. The van der Waals surface area contributed by atoms with Crippen molar-refractivity contribution in [3.05, 3.63) is 11.2 Å². The molecule has 0 amide bonds. The lowest BCUT2D eigenvalue weighted by molar-refractivity contribution is 0.564. The highest BCUT2D eigenvalue weighted by molar-refractivity contribution is 7.89. The highest BCUT2D eigenvalue weighted by atomic mass is 35.5. The lowest BCUT2D eigenvalue weighted by atomic mass is 10.4. The van der Waals surface area contributed by atoms with Crippen LogP contribution in [0.25, 0.3) is 0 Å². The fourth-order valence-corrected chi connectivity index (χ4v) is 2.83. The second kappa shape index (κ2) is 5.34. The van der Waals surface area contributed by atoms with Crippen LogP contribution in [0.1, 0.15) is 13.3 Å². The molecule has 1 aromatic rings. The second-order valence-corrected chi connectivity index (χ2v) is 5.09. The molecule has 1 N–H and O–H groups in total. The van der Waals surface area contributed by atoms with E-state index in [4.69, 9.17) is 11.6 Å². The molecule has 1 heterocycles. The maximum atomic E-state index is 11.8. The highest BCUT2D eigenvalue weighted by Gasteiger charge is 2.21. The van der Waals surface area contributed by atoms with Crippen molar-refractivity contribution in [3.63, 3.8) is 0 Å². The molecule has 0 unspecified atom stereocenters. The molecule has 0 bridgehead atoms. The van der Waals surface area contributed by atoms with Gasteiger partial charge in [-0.25, -0.2) is 13.1 Å². The minimum atomic E-state index is -3.61. The summed E-state index contributed by atoms with van der Waals surface area (Å²) in [6, 6.07) is 0. The number of hydrogen-bond acceptors (Lipinski definition) is 3. The van der Waals surface area contributed by atoms with E-state index in [0.717, 1.165) is 0 Å². The third-order valence-corrected chi connectivity index (χ3v) is 3.78. The van der Waals surface area contributed by atoms with E-state index in [1.54, 1.807) is 6.92 Å². The van der Waals surface area contributed by atoms with Crippen LogP contribution in [-0.4, -0.2) is 24.7 Å². The largest absolute Gasteiger partial charge is 0.259 e. The number of sulfonamides is 1. The molecule has 88 valence electrons. The molecule has 0 saturated carbocycles. The van der Waals surface area contributed by atoms with Crippen LogP contribution in [0, 0.1) is 11.8 Å². The van der Waals surface area contributed by atoms with Crippen molar-refractivity contribution in [1.29, 1.82) is 0 Å². The number of rotatable bonds is 4. The lowest BCUT2D eigenvalue weighted by Gasteiger charge is -2.05. The summed E-state index contributed by atoms with van der Waals surface area (Å²) < 4.78 is 27.2. The van der Waals surface area contributed by atoms with E-state index < -0.39 is 10.0 Å². The van der Waals surface area contributed by atoms with Gasteiger partial charge in [0.05, 0.1) is 11.2 Å². The fourth-order valence-electron chi connectivity index (χ4n) is 1.14. The van der Waals surface area contributed by atoms with Gasteiger partial charge < -0.3 is 0 Å². The van der Waals surface area contributed by atoms with Crippen LogP contribution in [0.4, 0.5) is 0 Å². The molecule has 0 spiro atoms. The van der Waals surface area contributed by atoms with Crippen LogP contribution in [0.15, 0.2) is 11.2 Å². The van der Waals surface area contributed by atoms with E-state index >= 15 is 0 Å². The highest BCUT2D eigenvalue weighted by Crippen LogP contribution is 2.19. The molecule has 0 aromatic carbocycles. The van der Waals surface area contributed by atoms with Crippen molar-refractivity contribution in [3.8, 4) is 11.8 Å². The number of aryl methyl sites for hydroxylation is 1. The minimum Gasteiger partial charge on any atom is -0.255 e. The summed E-state index contributed by atoms with van der Waals surface area (Å²) in [5, 5.41) is 3.84. The molecule has 0 atom stereocenters. The Morgan fingerprint density at radius 3 is 2.81 bits per heavy atom. The summed E-state index contributed by atoms with van der Waals surface area (Å²) in [4.78, 5) is 0. The standard InChI is InChI=1S/C9H12ClN3O2S/c1-3-4-5-6-12-16(14,15)9-8(10)7-11-13(9)2/h7,12H,5-6H2,1-2H3. The average molecular weight is 262 g/mol. The molecule has 0 aliphatic heterocycles. The Morgan fingerprint density at radius 2 is 2.31 bits per heavy atom. The van der Waals surface area contributed by atoms with E-state index in [2.05, 4.69) is 21.7 Å². The van der Waals surface area contributed by atoms with Crippen molar-refractivity contribution >= 4 is 21.6 Å². The van der Waals surface area contributed by atoms with Gasteiger partial charge in [0.15, 0.2) is 5.03 Å². The number of hydrogen-bond donors (Lipinski definition) is 1. The maximum Gasteiger partial charge on any atom is 0.259 e. The Hall–Kier alpha value is -1.03. The molecule has 0 saturated heterocycles. The topological polar surface area (TPSA) is 64.0 Å². The van der Waals surface area contributed by atoms with E-state index in [1.807, 2.05) is 0 Å². The summed E-state index contributed by atoms with van der Waals surface area (Å²) in [5.74, 6) is 5.45. The van der Waals surface area contributed by atoms with Crippen LogP contribution in [-0.2, 0) is 17.1 Å². The third-order valence-electron chi connectivity index (χ3n) is 1.82. The van der Waals surface area contributed by atoms with Crippen LogP contribution in [0.2, 0.25) is 5.02 Å². The Bertz CT molecular complexity index is 505. The number of halogens is 1. The maximum absolute atomic E-state index is 11.8. The quantitative estimate of drug-likeness (QED) is 0.643. The van der Waals surface area contributed by atoms with Gasteiger partial charge in [-0.2, -0.15) is 5.10 Å². The van der Waals surface area contributed by atoms with Crippen LogP contribution >= 0.6 is 11.6 Å². The summed E-state index contributed by atoms with van der Waals surface area (Å²) in [6.45, 7) is 1.96. The Labute approximate surface area is 99.8 Å². The van der Waals surface area contributed by atoms with Gasteiger partial charge in [-0.05, 0) is 6.92 Å². The molecule has 0 fully saturated rings. The van der Waals surface area contributed by atoms with Crippen LogP contribution < -0.4 is 4.72 Å². The molecular weight excluding hydrogens is 250 g/mol. The second-order valence-electron chi connectivity index (χ2n) is 3.00. The zero-order valence-corrected chi connectivity index (χ0v) is 10.6. The van der Waals surface area contributed by atoms with Crippen LogP contribution in [0.5, 0.6) is 0 Å². The molecule has 1 rings (SSSR count). The SMILES string of the molecule is CC#CCCNS(=O)(=O)c1c(Cl)cnn1C. The van der Waals surface area contributed by atoms with Gasteiger partial charge in [0.1, 0.15) is 0 Å². The zero-order valence-electron chi connectivity index (χ0n) is 8.99. The molecule has 1 aromatic heterocycles. The molecular formula is C9H12ClN3O2S. The molecule has 0 radical (unpaired) electrons. The molecule has 0 aliphatic carbocycles. The molecule has 16 heavy (non-hydrogen) atoms. The zero-order chi connectivity index (χ0) is 12.2. The summed E-state index contributed by atoms with van der Waals surface area (Å²) in [6.07, 6.45) is 1.76. The van der Waals surface area contributed by atoms with E-state index in [-0.39, 0.29) is 16.6 Å². The Balaban J connectivity index is 2.81. The predicted octanol–water partition coefficient (Wildman–Crippen LogP) is 0.765. The van der Waals surface area contributed by atoms with Crippen molar-refractivity contribution < 1.29 is 8.42 Å². The van der Waals surface area contributed by atoms with Gasteiger partial charge in [-0.3, -0.25) is 4.68 Å². The van der Waals surface area contributed by atoms with Crippen molar-refractivity contribution in [2.24, 2.45) is 7.05 Å². The Morgan fingerprint density at radius 1 is 1.62 bits per heavy atom. The first-order chi connectivity index (χ1) is 7.49. The van der Waals surface area contributed by atoms with E-state index in [9.17, 15) is 8.42 Å². The lowest BCUT2D eigenvalue weighted by Crippen LogP contribution is -2.26.